The van der Waals surface area contributed by atoms with Crippen LogP contribution in [0.15, 0.2) is 30.7 Å². The van der Waals surface area contributed by atoms with Crippen LogP contribution in [0.3, 0.4) is 0 Å². The van der Waals surface area contributed by atoms with Gasteiger partial charge in [0.15, 0.2) is 11.6 Å². The third-order valence-electron chi connectivity index (χ3n) is 11.4. The Hall–Kier alpha value is -3.31. The van der Waals surface area contributed by atoms with Gasteiger partial charge in [0, 0.05) is 42.7 Å². The third-order valence-corrected chi connectivity index (χ3v) is 11.4. The highest BCUT2D eigenvalue weighted by Crippen LogP contribution is 2.46. The molecule has 6 rings (SSSR count). The number of halogens is 1. The van der Waals surface area contributed by atoms with Gasteiger partial charge in [-0.15, -0.1) is 0 Å². The van der Waals surface area contributed by atoms with E-state index in [1.54, 1.807) is 24.9 Å². The van der Waals surface area contributed by atoms with E-state index in [4.69, 9.17) is 4.74 Å². The minimum atomic E-state index is -0.983. The summed E-state index contributed by atoms with van der Waals surface area (Å²) in [4.78, 5) is 41.5. The van der Waals surface area contributed by atoms with E-state index in [9.17, 15) is 19.1 Å². The number of nitrogens with zero attached hydrogens (tertiary/aromatic N) is 5. The molecule has 262 valence electrons. The van der Waals surface area contributed by atoms with Gasteiger partial charge in [-0.25, -0.2) is 14.4 Å². The van der Waals surface area contributed by atoms with E-state index in [-0.39, 0.29) is 52.1 Å². The number of hydrogen-bond donors (Lipinski definition) is 2. The summed E-state index contributed by atoms with van der Waals surface area (Å²) in [6.45, 7) is 16.3. The quantitative estimate of drug-likeness (QED) is 0.367. The zero-order valence-electron chi connectivity index (χ0n) is 29.5. The van der Waals surface area contributed by atoms with E-state index in [0.29, 0.717) is 17.5 Å². The zero-order chi connectivity index (χ0) is 34.4. The molecular weight excluding hydrogens is 611 g/mol. The van der Waals surface area contributed by atoms with Crippen molar-refractivity contribution in [1.82, 2.24) is 25.1 Å². The summed E-state index contributed by atoms with van der Waals surface area (Å²) in [6.07, 6.45) is 10.3. The summed E-state index contributed by atoms with van der Waals surface area (Å²) in [5.74, 6) is 0.974. The molecule has 2 aromatic rings. The van der Waals surface area contributed by atoms with Crippen molar-refractivity contribution < 1.29 is 23.8 Å². The number of nitrogens with one attached hydrogen (secondary N) is 1. The van der Waals surface area contributed by atoms with Crippen LogP contribution in [-0.4, -0.2) is 92.6 Å². The second-order valence-electron chi connectivity index (χ2n) is 16.1. The van der Waals surface area contributed by atoms with E-state index in [1.165, 1.54) is 24.5 Å². The van der Waals surface area contributed by atoms with Crippen LogP contribution in [0, 0.1) is 23.1 Å². The molecule has 1 aromatic carbocycles. The standard InChI is InChI=1S/C37H53FN6O4/c1-24(2)44(25(3)4)34(46)28-17-27(38)7-8-30(28)48-31-19-39-23-40-32(31)43-21-36(22-43)13-15-42(16-14-36)20-26-9-11-37(12-10-26)18-29(33(45)41-37)35(5,6)47/h7-8,17,19,23-26,29,47H,9-16,18,20-22H2,1-6H3,(H,41,45). The highest BCUT2D eigenvalue weighted by Gasteiger charge is 2.51. The van der Waals surface area contributed by atoms with E-state index in [2.05, 4.69) is 25.1 Å². The smallest absolute Gasteiger partial charge is 0.258 e. The van der Waals surface area contributed by atoms with Crippen molar-refractivity contribution in [1.29, 1.82) is 0 Å². The topological polar surface area (TPSA) is 111 Å². The molecule has 4 aliphatic rings. The molecule has 4 fully saturated rings. The number of aromatic nitrogens is 2. The number of amides is 2. The van der Waals surface area contributed by atoms with Crippen LogP contribution < -0.4 is 15.0 Å². The maximum absolute atomic E-state index is 14.4. The lowest BCUT2D eigenvalue weighted by Gasteiger charge is -2.55. The van der Waals surface area contributed by atoms with E-state index in [1.807, 2.05) is 27.7 Å². The summed E-state index contributed by atoms with van der Waals surface area (Å²) in [5, 5.41) is 13.7. The average molecular weight is 665 g/mol. The number of likely N-dealkylation sites (tertiary alicyclic amines) is 1. The first-order valence-corrected chi connectivity index (χ1v) is 17.8. The first-order chi connectivity index (χ1) is 22.7. The van der Waals surface area contributed by atoms with Gasteiger partial charge in [-0.2, -0.15) is 0 Å². The van der Waals surface area contributed by atoms with Crippen molar-refractivity contribution in [3.63, 3.8) is 0 Å². The number of carbonyl (C=O) groups is 2. The number of aliphatic hydroxyl groups is 1. The Bertz CT molecular complexity index is 1480. The molecule has 48 heavy (non-hydrogen) atoms. The van der Waals surface area contributed by atoms with Crippen LogP contribution >= 0.6 is 0 Å². The van der Waals surface area contributed by atoms with Crippen LogP contribution in [0.1, 0.15) is 96.8 Å². The normalized spacial score (nSPS) is 25.9. The highest BCUT2D eigenvalue weighted by atomic mass is 19.1. The monoisotopic (exact) mass is 664 g/mol. The van der Waals surface area contributed by atoms with Gasteiger partial charge in [0.1, 0.15) is 17.9 Å². The number of rotatable bonds is 9. The molecule has 0 radical (unpaired) electrons. The Kier molecular flexibility index (Phi) is 9.50. The van der Waals surface area contributed by atoms with Crippen molar-refractivity contribution in [3.8, 4) is 11.5 Å². The molecule has 3 saturated heterocycles. The van der Waals surface area contributed by atoms with Crippen molar-refractivity contribution in [3.05, 3.63) is 42.1 Å². The molecule has 2 amide bonds. The Labute approximate surface area is 284 Å². The van der Waals surface area contributed by atoms with Gasteiger partial charge >= 0.3 is 0 Å². The SMILES string of the molecule is CC(C)N(C(=O)c1cc(F)ccc1Oc1cncnc1N1CC2(CCN(CC3CCC4(CC3)CC(C(C)(C)O)C(=O)N4)CC2)C1)C(C)C. The van der Waals surface area contributed by atoms with Gasteiger partial charge in [0.25, 0.3) is 5.91 Å². The summed E-state index contributed by atoms with van der Waals surface area (Å²) < 4.78 is 20.7. The van der Waals surface area contributed by atoms with Crippen LogP contribution in [0.25, 0.3) is 0 Å². The maximum Gasteiger partial charge on any atom is 0.258 e. The Morgan fingerprint density at radius 1 is 1.10 bits per heavy atom. The molecule has 3 aliphatic heterocycles. The van der Waals surface area contributed by atoms with Crippen LogP contribution in [-0.2, 0) is 4.79 Å². The fraction of sp³-hybridized carbons (Fsp3) is 0.676. The second-order valence-corrected chi connectivity index (χ2v) is 16.1. The molecule has 1 unspecified atom stereocenters. The van der Waals surface area contributed by atoms with Gasteiger partial charge in [-0.05, 0) is 124 Å². The highest BCUT2D eigenvalue weighted by molar-refractivity contribution is 5.97. The van der Waals surface area contributed by atoms with Gasteiger partial charge in [0.05, 0.1) is 23.3 Å². The minimum absolute atomic E-state index is 0.00685. The zero-order valence-corrected chi connectivity index (χ0v) is 29.5. The Morgan fingerprint density at radius 3 is 2.38 bits per heavy atom. The first kappa shape index (κ1) is 34.5. The molecule has 10 nitrogen and oxygen atoms in total. The Morgan fingerprint density at radius 2 is 1.77 bits per heavy atom. The fourth-order valence-corrected chi connectivity index (χ4v) is 8.70. The third kappa shape index (κ3) is 7.04. The lowest BCUT2D eigenvalue weighted by Crippen LogP contribution is -2.61. The largest absolute Gasteiger partial charge is 0.451 e. The number of anilines is 1. The predicted molar refractivity (Wildman–Crippen MR) is 183 cm³/mol. The van der Waals surface area contributed by atoms with E-state index >= 15 is 0 Å². The molecule has 1 atom stereocenters. The fourth-order valence-electron chi connectivity index (χ4n) is 8.70. The predicted octanol–water partition coefficient (Wildman–Crippen LogP) is 5.41. The molecule has 0 bridgehead atoms. The Balaban J connectivity index is 1.03. The number of carbonyl (C=O) groups excluding carboxylic acids is 2. The summed E-state index contributed by atoms with van der Waals surface area (Å²) >= 11 is 0. The average Bonchev–Trinajstić information content (AvgIpc) is 3.34. The molecule has 1 aliphatic carbocycles. The number of benzene rings is 1. The maximum atomic E-state index is 14.4. The second kappa shape index (κ2) is 13.2. The molecule has 2 spiro atoms. The van der Waals surface area contributed by atoms with Crippen LogP contribution in [0.4, 0.5) is 10.2 Å². The van der Waals surface area contributed by atoms with Crippen molar-refractivity contribution in [2.75, 3.05) is 37.6 Å². The van der Waals surface area contributed by atoms with Crippen molar-refractivity contribution >= 4 is 17.6 Å². The molecule has 4 heterocycles. The van der Waals surface area contributed by atoms with Crippen molar-refractivity contribution in [2.24, 2.45) is 17.3 Å². The molecule has 2 N–H and O–H groups in total. The molecule has 1 saturated carbocycles. The van der Waals surface area contributed by atoms with Gasteiger partial charge in [0.2, 0.25) is 5.91 Å². The summed E-state index contributed by atoms with van der Waals surface area (Å²) in [5.41, 5.74) is -0.705. The first-order valence-electron chi connectivity index (χ1n) is 17.8. The van der Waals surface area contributed by atoms with Crippen LogP contribution in [0.5, 0.6) is 11.5 Å². The summed E-state index contributed by atoms with van der Waals surface area (Å²) in [6, 6.07) is 3.95. The van der Waals surface area contributed by atoms with Gasteiger partial charge < -0.3 is 29.9 Å². The van der Waals surface area contributed by atoms with Gasteiger partial charge in [-0.1, -0.05) is 0 Å². The lowest BCUT2D eigenvalue weighted by molar-refractivity contribution is -0.129. The minimum Gasteiger partial charge on any atom is -0.451 e. The lowest BCUT2D eigenvalue weighted by atomic mass is 9.71. The van der Waals surface area contributed by atoms with E-state index < -0.39 is 11.4 Å². The molecule has 11 heteroatoms. The number of ether oxygens (including phenoxy) is 1. The van der Waals surface area contributed by atoms with Crippen LogP contribution in [0.2, 0.25) is 0 Å². The summed E-state index contributed by atoms with van der Waals surface area (Å²) in [7, 11) is 0. The molecule has 1 aromatic heterocycles. The van der Waals surface area contributed by atoms with Gasteiger partial charge in [-0.3, -0.25) is 9.59 Å². The van der Waals surface area contributed by atoms with Crippen molar-refractivity contribution in [2.45, 2.75) is 110 Å². The number of hydrogen-bond acceptors (Lipinski definition) is 8. The number of piperidine rings is 1. The molecular formula is C37H53FN6O4. The van der Waals surface area contributed by atoms with E-state index in [0.717, 1.165) is 77.7 Å².